The summed E-state index contributed by atoms with van der Waals surface area (Å²) >= 11 is 0. The van der Waals surface area contributed by atoms with E-state index in [2.05, 4.69) is 5.32 Å². The van der Waals surface area contributed by atoms with Gasteiger partial charge in [-0.05, 0) is 18.9 Å². The quantitative estimate of drug-likeness (QED) is 0.834. The first-order valence-corrected chi connectivity index (χ1v) is 5.93. The van der Waals surface area contributed by atoms with Crippen molar-refractivity contribution in [2.24, 2.45) is 0 Å². The predicted molar refractivity (Wildman–Crippen MR) is 60.6 cm³/mol. The standard InChI is InChI=1S/C12H13F3N2O2/c13-12(14,15)11(19)8-3-5-17(7-8)6-4-10(18)16-9-1-2-9/h3,5,7,9H,1-2,4,6H2,(H,16,18). The molecule has 1 N–H and O–H groups in total. The van der Waals surface area contributed by atoms with Crippen molar-refractivity contribution in [1.82, 2.24) is 9.88 Å². The lowest BCUT2D eigenvalue weighted by atomic mass is 10.2. The molecule has 1 amide bonds. The third kappa shape index (κ3) is 3.84. The fraction of sp³-hybridized carbons (Fsp3) is 0.500. The van der Waals surface area contributed by atoms with Gasteiger partial charge >= 0.3 is 6.18 Å². The molecule has 4 nitrogen and oxygen atoms in total. The second-order valence-electron chi connectivity index (χ2n) is 4.56. The number of halogens is 3. The number of hydrogen-bond donors (Lipinski definition) is 1. The maximum atomic E-state index is 12.2. The third-order valence-electron chi connectivity index (χ3n) is 2.81. The number of hydrogen-bond acceptors (Lipinski definition) is 2. The second-order valence-corrected chi connectivity index (χ2v) is 4.56. The van der Waals surface area contributed by atoms with E-state index < -0.39 is 17.5 Å². The van der Waals surface area contributed by atoms with E-state index in [1.807, 2.05) is 0 Å². The monoisotopic (exact) mass is 274 g/mol. The molecular formula is C12H13F3N2O2. The molecule has 1 aromatic rings. The Bertz CT molecular complexity index is 489. The number of aromatic nitrogens is 1. The summed E-state index contributed by atoms with van der Waals surface area (Å²) in [5, 5.41) is 2.78. The zero-order chi connectivity index (χ0) is 14.0. The molecule has 1 heterocycles. The van der Waals surface area contributed by atoms with E-state index >= 15 is 0 Å². The van der Waals surface area contributed by atoms with Crippen molar-refractivity contribution in [1.29, 1.82) is 0 Å². The minimum Gasteiger partial charge on any atom is -0.353 e. The van der Waals surface area contributed by atoms with Gasteiger partial charge in [-0.3, -0.25) is 9.59 Å². The van der Waals surface area contributed by atoms with Gasteiger partial charge in [0.25, 0.3) is 5.78 Å². The lowest BCUT2D eigenvalue weighted by Gasteiger charge is -2.04. The Labute approximate surface area is 107 Å². The number of Topliss-reactive ketones (excluding diaryl/α,β-unsaturated/α-hetero) is 1. The SMILES string of the molecule is O=C(CCn1ccc(C(=O)C(F)(F)F)c1)NC1CC1. The van der Waals surface area contributed by atoms with Gasteiger partial charge in [0.15, 0.2) is 0 Å². The summed E-state index contributed by atoms with van der Waals surface area (Å²) in [4.78, 5) is 22.3. The smallest absolute Gasteiger partial charge is 0.353 e. The van der Waals surface area contributed by atoms with Crippen LogP contribution in [0.1, 0.15) is 29.6 Å². The van der Waals surface area contributed by atoms with Gasteiger partial charge in [-0.25, -0.2) is 0 Å². The molecule has 104 valence electrons. The highest BCUT2D eigenvalue weighted by molar-refractivity contribution is 6.00. The van der Waals surface area contributed by atoms with Crippen molar-refractivity contribution in [2.75, 3.05) is 0 Å². The van der Waals surface area contributed by atoms with Crippen LogP contribution in [0.25, 0.3) is 0 Å². The van der Waals surface area contributed by atoms with Crippen molar-refractivity contribution in [3.05, 3.63) is 24.0 Å². The molecule has 0 aromatic carbocycles. The highest BCUT2D eigenvalue weighted by Gasteiger charge is 2.39. The summed E-state index contributed by atoms with van der Waals surface area (Å²) in [5.41, 5.74) is -0.407. The van der Waals surface area contributed by atoms with Gasteiger partial charge in [0.2, 0.25) is 5.91 Å². The van der Waals surface area contributed by atoms with Crippen LogP contribution in [0.4, 0.5) is 13.2 Å². The average Bonchev–Trinajstić information content (AvgIpc) is 3.00. The molecule has 1 fully saturated rings. The average molecular weight is 274 g/mol. The predicted octanol–water partition coefficient (Wildman–Crippen LogP) is 1.90. The molecule has 19 heavy (non-hydrogen) atoms. The minimum absolute atomic E-state index is 0.125. The van der Waals surface area contributed by atoms with Crippen LogP contribution in [0.5, 0.6) is 0 Å². The number of nitrogens with zero attached hydrogens (tertiary/aromatic N) is 1. The summed E-state index contributed by atoms with van der Waals surface area (Å²) in [6, 6.07) is 1.37. The van der Waals surface area contributed by atoms with Crippen molar-refractivity contribution in [3.63, 3.8) is 0 Å². The number of carbonyl (C=O) groups excluding carboxylic acids is 2. The van der Waals surface area contributed by atoms with E-state index in [9.17, 15) is 22.8 Å². The Morgan fingerprint density at radius 2 is 2.05 bits per heavy atom. The molecule has 0 unspecified atom stereocenters. The number of ketones is 1. The number of aryl methyl sites for hydroxylation is 1. The van der Waals surface area contributed by atoms with Crippen LogP contribution in [0.2, 0.25) is 0 Å². The van der Waals surface area contributed by atoms with Gasteiger partial charge in [0.05, 0.1) is 0 Å². The molecule has 0 atom stereocenters. The molecule has 7 heteroatoms. The zero-order valence-corrected chi connectivity index (χ0v) is 10.0. The summed E-state index contributed by atoms with van der Waals surface area (Å²) in [6.07, 6.45) is -0.233. The Hall–Kier alpha value is -1.79. The van der Waals surface area contributed by atoms with E-state index in [1.54, 1.807) is 0 Å². The molecule has 1 aromatic heterocycles. The molecule has 2 rings (SSSR count). The zero-order valence-electron chi connectivity index (χ0n) is 10.0. The maximum Gasteiger partial charge on any atom is 0.454 e. The summed E-state index contributed by atoms with van der Waals surface area (Å²) in [5.74, 6) is -1.99. The first-order chi connectivity index (χ1) is 8.86. The molecule has 1 saturated carbocycles. The Balaban J connectivity index is 1.86. The molecule has 1 aliphatic carbocycles. The lowest BCUT2D eigenvalue weighted by Crippen LogP contribution is -2.26. The van der Waals surface area contributed by atoms with Crippen LogP contribution in [-0.2, 0) is 11.3 Å². The van der Waals surface area contributed by atoms with E-state index in [-0.39, 0.29) is 24.9 Å². The van der Waals surface area contributed by atoms with Gasteiger partial charge in [0, 0.05) is 37.0 Å². The van der Waals surface area contributed by atoms with E-state index in [0.29, 0.717) is 0 Å². The lowest BCUT2D eigenvalue weighted by molar-refractivity contribution is -0.121. The first kappa shape index (κ1) is 13.6. The Kier molecular flexibility index (Phi) is 3.64. The van der Waals surface area contributed by atoms with Gasteiger partial charge in [-0.2, -0.15) is 13.2 Å². The normalized spacial score (nSPS) is 15.3. The summed E-state index contributed by atoms with van der Waals surface area (Å²) < 4.78 is 38.0. The highest BCUT2D eigenvalue weighted by Crippen LogP contribution is 2.21. The van der Waals surface area contributed by atoms with E-state index in [1.165, 1.54) is 10.8 Å². The van der Waals surface area contributed by atoms with Crippen LogP contribution < -0.4 is 5.32 Å². The summed E-state index contributed by atoms with van der Waals surface area (Å²) in [7, 11) is 0. The molecule has 1 aliphatic rings. The largest absolute Gasteiger partial charge is 0.454 e. The number of rotatable bonds is 5. The fourth-order valence-electron chi connectivity index (χ4n) is 1.64. The molecular weight excluding hydrogens is 261 g/mol. The minimum atomic E-state index is -4.87. The van der Waals surface area contributed by atoms with Crippen molar-refractivity contribution in [3.8, 4) is 0 Å². The van der Waals surface area contributed by atoms with Crippen LogP contribution in [-0.4, -0.2) is 28.5 Å². The van der Waals surface area contributed by atoms with Gasteiger partial charge in [0.1, 0.15) is 0 Å². The van der Waals surface area contributed by atoms with Crippen LogP contribution in [0.15, 0.2) is 18.5 Å². The molecule has 0 aliphatic heterocycles. The number of alkyl halides is 3. The first-order valence-electron chi connectivity index (χ1n) is 5.93. The van der Waals surface area contributed by atoms with Gasteiger partial charge < -0.3 is 9.88 Å². The Morgan fingerprint density at radius 1 is 1.37 bits per heavy atom. The maximum absolute atomic E-state index is 12.2. The van der Waals surface area contributed by atoms with Crippen molar-refractivity contribution < 1.29 is 22.8 Å². The molecule has 0 spiro atoms. The second kappa shape index (κ2) is 5.07. The van der Waals surface area contributed by atoms with Gasteiger partial charge in [-0.15, -0.1) is 0 Å². The number of carbonyl (C=O) groups is 2. The third-order valence-corrected chi connectivity index (χ3v) is 2.81. The molecule has 0 radical (unpaired) electrons. The van der Waals surface area contributed by atoms with E-state index in [4.69, 9.17) is 0 Å². The van der Waals surface area contributed by atoms with Crippen molar-refractivity contribution >= 4 is 11.7 Å². The van der Waals surface area contributed by atoms with E-state index in [0.717, 1.165) is 25.1 Å². The van der Waals surface area contributed by atoms with Crippen molar-refractivity contribution in [2.45, 2.75) is 38.0 Å². The molecule has 0 bridgehead atoms. The highest BCUT2D eigenvalue weighted by atomic mass is 19.4. The number of amides is 1. The fourth-order valence-corrected chi connectivity index (χ4v) is 1.64. The Morgan fingerprint density at radius 3 is 2.63 bits per heavy atom. The summed E-state index contributed by atoms with van der Waals surface area (Å²) in [6.45, 7) is 0.254. The van der Waals surface area contributed by atoms with Crippen LogP contribution >= 0.6 is 0 Å². The molecule has 0 saturated heterocycles. The van der Waals surface area contributed by atoms with Crippen LogP contribution in [0, 0.1) is 0 Å². The van der Waals surface area contributed by atoms with Crippen LogP contribution in [0.3, 0.4) is 0 Å². The van der Waals surface area contributed by atoms with Gasteiger partial charge in [-0.1, -0.05) is 0 Å². The number of nitrogens with one attached hydrogen (secondary N) is 1. The topological polar surface area (TPSA) is 51.1 Å².